The van der Waals surface area contributed by atoms with E-state index in [4.69, 9.17) is 0 Å². The first kappa shape index (κ1) is 10.5. The quantitative estimate of drug-likeness (QED) is 0.598. The smallest absolute Gasteiger partial charge is 0.173 e. The average Bonchev–Trinajstić information content (AvgIpc) is 2.52. The van der Waals surface area contributed by atoms with Gasteiger partial charge in [-0.2, -0.15) is 0 Å². The third-order valence-corrected chi connectivity index (χ3v) is 3.17. The molecule has 1 heterocycles. The average molecular weight is 257 g/mol. The number of hydrogen-bond acceptors (Lipinski definition) is 2. The summed E-state index contributed by atoms with van der Waals surface area (Å²) in [5, 5.41) is 0. The molecule has 1 aromatic heterocycles. The van der Waals surface area contributed by atoms with E-state index < -0.39 is 0 Å². The van der Waals surface area contributed by atoms with E-state index in [1.165, 1.54) is 11.3 Å². The van der Waals surface area contributed by atoms with Crippen LogP contribution in [0.3, 0.4) is 0 Å². The molecule has 0 spiro atoms. The van der Waals surface area contributed by atoms with Crippen LogP contribution in [0.15, 0.2) is 15.9 Å². The molecule has 0 amide bonds. The molecule has 0 aromatic carbocycles. The third-order valence-electron chi connectivity index (χ3n) is 1.50. The summed E-state index contributed by atoms with van der Waals surface area (Å²) in [6.07, 6.45) is 1.18. The van der Waals surface area contributed by atoms with Gasteiger partial charge in [-0.25, -0.2) is 0 Å². The maximum absolute atomic E-state index is 11.5. The topological polar surface area (TPSA) is 17.1 Å². The molecule has 1 aromatic rings. The Balaban J connectivity index is 2.52. The van der Waals surface area contributed by atoms with Gasteiger partial charge in [-0.3, -0.25) is 4.79 Å². The molecule has 1 rings (SSSR count). The van der Waals surface area contributed by atoms with E-state index in [2.05, 4.69) is 27.8 Å². The van der Waals surface area contributed by atoms with Gasteiger partial charge in [0, 0.05) is 12.8 Å². The molecule has 0 atom stereocenters. The number of rotatable bonds is 3. The fourth-order valence-corrected chi connectivity index (χ4v) is 2.24. The van der Waals surface area contributed by atoms with Gasteiger partial charge < -0.3 is 0 Å². The van der Waals surface area contributed by atoms with Crippen LogP contribution in [0.4, 0.5) is 0 Å². The summed E-state index contributed by atoms with van der Waals surface area (Å²) in [4.78, 5) is 12.3. The number of thiophene rings is 1. The van der Waals surface area contributed by atoms with Gasteiger partial charge in [-0.15, -0.1) is 23.2 Å². The predicted octanol–water partition coefficient (Wildman–Crippen LogP) is 3.50. The maximum atomic E-state index is 11.5. The van der Waals surface area contributed by atoms with Crippen LogP contribution in [-0.2, 0) is 0 Å². The van der Waals surface area contributed by atoms with Crippen molar-refractivity contribution in [3.8, 4) is 11.8 Å². The molecule has 0 aliphatic heterocycles. The number of carbonyl (C=O) groups is 1. The van der Waals surface area contributed by atoms with Crippen LogP contribution < -0.4 is 0 Å². The molecular weight excluding hydrogens is 248 g/mol. The van der Waals surface area contributed by atoms with E-state index >= 15 is 0 Å². The van der Waals surface area contributed by atoms with Gasteiger partial charge in [0.2, 0.25) is 0 Å². The van der Waals surface area contributed by atoms with Crippen molar-refractivity contribution in [3.05, 3.63) is 20.8 Å². The van der Waals surface area contributed by atoms with Crippen molar-refractivity contribution in [2.45, 2.75) is 19.8 Å². The van der Waals surface area contributed by atoms with E-state index in [9.17, 15) is 4.79 Å². The number of hydrogen-bond donors (Lipinski definition) is 0. The molecule has 0 unspecified atom stereocenters. The Morgan fingerprint density at radius 2 is 2.38 bits per heavy atom. The summed E-state index contributed by atoms with van der Waals surface area (Å²) >= 11 is 4.79. The Labute approximate surface area is 90.3 Å². The van der Waals surface area contributed by atoms with Crippen molar-refractivity contribution in [2.24, 2.45) is 0 Å². The molecule has 0 saturated heterocycles. The second kappa shape index (κ2) is 5.21. The summed E-state index contributed by atoms with van der Waals surface area (Å²) < 4.78 is 0.998. The molecule has 13 heavy (non-hydrogen) atoms. The zero-order valence-electron chi connectivity index (χ0n) is 7.26. The summed E-state index contributed by atoms with van der Waals surface area (Å²) in [6.45, 7) is 1.78. The molecule has 0 saturated carbocycles. The van der Waals surface area contributed by atoms with Gasteiger partial charge in [0.05, 0.1) is 8.66 Å². The minimum Gasteiger partial charge on any atom is -0.293 e. The lowest BCUT2D eigenvalue weighted by Gasteiger charge is -1.91. The molecule has 3 heteroatoms. The van der Waals surface area contributed by atoms with Crippen molar-refractivity contribution in [1.82, 2.24) is 0 Å². The highest BCUT2D eigenvalue weighted by molar-refractivity contribution is 9.11. The van der Waals surface area contributed by atoms with E-state index in [1.807, 2.05) is 12.1 Å². The Hall–Kier alpha value is -0.590. The van der Waals surface area contributed by atoms with Gasteiger partial charge in [0.1, 0.15) is 0 Å². The summed E-state index contributed by atoms with van der Waals surface area (Å²) in [5.41, 5.74) is 0. The summed E-state index contributed by atoms with van der Waals surface area (Å²) in [7, 11) is 0. The van der Waals surface area contributed by atoms with Crippen molar-refractivity contribution in [2.75, 3.05) is 0 Å². The molecule has 1 nitrogen and oxygen atoms in total. The molecule has 0 bridgehead atoms. The monoisotopic (exact) mass is 256 g/mol. The first-order valence-corrected chi connectivity index (χ1v) is 5.53. The molecule has 0 fully saturated rings. The SMILES string of the molecule is CC#CCCC(=O)c1ccc(Br)s1. The lowest BCUT2D eigenvalue weighted by atomic mass is 10.2. The molecule has 0 aliphatic rings. The van der Waals surface area contributed by atoms with Gasteiger partial charge in [0.25, 0.3) is 0 Å². The van der Waals surface area contributed by atoms with Crippen LogP contribution in [0.5, 0.6) is 0 Å². The molecule has 0 aliphatic carbocycles. The standard InChI is InChI=1S/C10H9BrOS/c1-2-3-4-5-8(12)9-6-7-10(11)13-9/h6-7H,4-5H2,1H3. The van der Waals surface area contributed by atoms with Crippen LogP contribution in [0.25, 0.3) is 0 Å². The van der Waals surface area contributed by atoms with E-state index in [0.29, 0.717) is 12.8 Å². The molecular formula is C10H9BrOS. The Kier molecular flexibility index (Phi) is 4.20. The van der Waals surface area contributed by atoms with Crippen molar-refractivity contribution >= 4 is 33.0 Å². The van der Waals surface area contributed by atoms with E-state index in [-0.39, 0.29) is 5.78 Å². The highest BCUT2D eigenvalue weighted by atomic mass is 79.9. The van der Waals surface area contributed by atoms with Crippen molar-refractivity contribution in [3.63, 3.8) is 0 Å². The van der Waals surface area contributed by atoms with Crippen molar-refractivity contribution in [1.29, 1.82) is 0 Å². The molecule has 68 valence electrons. The van der Waals surface area contributed by atoms with Gasteiger partial charge in [0.15, 0.2) is 5.78 Å². The largest absolute Gasteiger partial charge is 0.293 e. The number of ketones is 1. The minimum atomic E-state index is 0.179. The highest BCUT2D eigenvalue weighted by Gasteiger charge is 2.06. The Morgan fingerprint density at radius 3 is 2.92 bits per heavy atom. The first-order valence-electron chi connectivity index (χ1n) is 3.92. The van der Waals surface area contributed by atoms with Crippen LogP contribution in [0.1, 0.15) is 29.4 Å². The van der Waals surface area contributed by atoms with Gasteiger partial charge in [-0.1, -0.05) is 0 Å². The zero-order valence-corrected chi connectivity index (χ0v) is 9.67. The van der Waals surface area contributed by atoms with E-state index in [0.717, 1.165) is 8.66 Å². The lowest BCUT2D eigenvalue weighted by Crippen LogP contribution is -1.93. The normalized spacial score (nSPS) is 9.08. The van der Waals surface area contributed by atoms with Crippen molar-refractivity contribution < 1.29 is 4.79 Å². The highest BCUT2D eigenvalue weighted by Crippen LogP contribution is 2.23. The minimum absolute atomic E-state index is 0.179. The van der Waals surface area contributed by atoms with Gasteiger partial charge in [-0.05, 0) is 35.0 Å². The molecule has 0 radical (unpaired) electrons. The van der Waals surface area contributed by atoms with Gasteiger partial charge >= 0.3 is 0 Å². The number of carbonyl (C=O) groups excluding carboxylic acids is 1. The predicted molar refractivity (Wildman–Crippen MR) is 59.0 cm³/mol. The maximum Gasteiger partial charge on any atom is 0.173 e. The summed E-state index contributed by atoms with van der Waals surface area (Å²) in [6, 6.07) is 3.74. The Bertz CT molecular complexity index is 356. The van der Waals surface area contributed by atoms with Crippen LogP contribution in [0.2, 0.25) is 0 Å². The van der Waals surface area contributed by atoms with E-state index in [1.54, 1.807) is 6.92 Å². The Morgan fingerprint density at radius 1 is 1.62 bits per heavy atom. The van der Waals surface area contributed by atoms with Crippen LogP contribution in [-0.4, -0.2) is 5.78 Å². The second-order valence-corrected chi connectivity index (χ2v) is 4.92. The number of halogens is 1. The lowest BCUT2D eigenvalue weighted by molar-refractivity contribution is 0.0988. The molecule has 0 N–H and O–H groups in total. The number of Topliss-reactive ketones (excluding diaryl/α,β-unsaturated/α-hetero) is 1. The summed E-state index contributed by atoms with van der Waals surface area (Å²) in [5.74, 6) is 5.83. The fourth-order valence-electron chi connectivity index (χ4n) is 0.888. The zero-order chi connectivity index (χ0) is 9.68. The third kappa shape index (κ3) is 3.33. The van der Waals surface area contributed by atoms with Crippen LogP contribution in [0, 0.1) is 11.8 Å². The van der Waals surface area contributed by atoms with Crippen LogP contribution >= 0.6 is 27.3 Å². The second-order valence-electron chi connectivity index (χ2n) is 2.45. The fraction of sp³-hybridized carbons (Fsp3) is 0.300. The first-order chi connectivity index (χ1) is 6.24.